The number of methoxy groups -OCH3 is 1. The van der Waals surface area contributed by atoms with E-state index >= 15 is 0 Å². The van der Waals surface area contributed by atoms with Crippen LogP contribution in [0.25, 0.3) is 10.9 Å². The molecule has 1 aromatic heterocycles. The molecule has 174 valence electrons. The third-order valence-corrected chi connectivity index (χ3v) is 5.13. The average Bonchev–Trinajstić information content (AvgIpc) is 2.81. The van der Waals surface area contributed by atoms with Gasteiger partial charge in [-0.25, -0.2) is 0 Å². The second kappa shape index (κ2) is 11.1. The molecule has 0 saturated heterocycles. The number of anilines is 2. The van der Waals surface area contributed by atoms with Gasteiger partial charge in [0.1, 0.15) is 0 Å². The van der Waals surface area contributed by atoms with Crippen molar-refractivity contribution < 1.29 is 19.1 Å². The number of para-hydroxylation sites is 1. The molecule has 0 unspecified atom stereocenters. The first-order valence-corrected chi connectivity index (χ1v) is 10.7. The Kier molecular flexibility index (Phi) is 8.04. The van der Waals surface area contributed by atoms with E-state index < -0.39 is 11.8 Å². The Morgan fingerprint density at radius 3 is 2.61 bits per heavy atom. The molecule has 0 aliphatic rings. The maximum Gasteiger partial charge on any atom is 0.252 e. The maximum atomic E-state index is 12.2. The van der Waals surface area contributed by atoms with Gasteiger partial charge in [0, 0.05) is 23.3 Å². The van der Waals surface area contributed by atoms with Gasteiger partial charge in [0.05, 0.1) is 37.0 Å². The van der Waals surface area contributed by atoms with E-state index in [1.807, 2.05) is 24.3 Å². The van der Waals surface area contributed by atoms with Gasteiger partial charge in [-0.15, -0.1) is 0 Å². The molecule has 0 aliphatic heterocycles. The SMILES string of the molecule is CCc1ccccc1Nc1c(C(N)=O)cnc2cc(OC)c(OCCCNCC(N)=O)cc12. The molecular weight excluding hydrogens is 422 g/mol. The van der Waals surface area contributed by atoms with Crippen molar-refractivity contribution in [3.63, 3.8) is 0 Å². The van der Waals surface area contributed by atoms with Crippen molar-refractivity contribution >= 4 is 34.1 Å². The minimum atomic E-state index is -0.584. The molecule has 0 radical (unpaired) electrons. The zero-order valence-corrected chi connectivity index (χ0v) is 18.8. The highest BCUT2D eigenvalue weighted by molar-refractivity contribution is 6.08. The molecule has 0 bridgehead atoms. The molecule has 9 heteroatoms. The summed E-state index contributed by atoms with van der Waals surface area (Å²) in [6.07, 6.45) is 2.94. The number of primary amides is 2. The van der Waals surface area contributed by atoms with Gasteiger partial charge in [-0.1, -0.05) is 25.1 Å². The second-order valence-corrected chi connectivity index (χ2v) is 7.41. The van der Waals surface area contributed by atoms with Gasteiger partial charge >= 0.3 is 0 Å². The summed E-state index contributed by atoms with van der Waals surface area (Å²) in [5.41, 5.74) is 14.2. The number of nitrogens with one attached hydrogen (secondary N) is 2. The lowest BCUT2D eigenvalue weighted by Gasteiger charge is -2.17. The van der Waals surface area contributed by atoms with Crippen molar-refractivity contribution in [1.82, 2.24) is 10.3 Å². The van der Waals surface area contributed by atoms with E-state index in [4.69, 9.17) is 20.9 Å². The Hall–Kier alpha value is -3.85. The minimum absolute atomic E-state index is 0.120. The number of amides is 2. The monoisotopic (exact) mass is 451 g/mol. The number of fused-ring (bicyclic) bond motifs is 1. The fraction of sp³-hybridized carbons (Fsp3) is 0.292. The van der Waals surface area contributed by atoms with E-state index in [0.717, 1.165) is 17.7 Å². The maximum absolute atomic E-state index is 12.2. The van der Waals surface area contributed by atoms with Gasteiger partial charge in [0.2, 0.25) is 5.91 Å². The van der Waals surface area contributed by atoms with Gasteiger partial charge in [0.15, 0.2) is 11.5 Å². The van der Waals surface area contributed by atoms with Crippen LogP contribution in [0.1, 0.15) is 29.3 Å². The van der Waals surface area contributed by atoms with Crippen LogP contribution in [0.5, 0.6) is 11.5 Å². The number of hydrogen-bond donors (Lipinski definition) is 4. The summed E-state index contributed by atoms with van der Waals surface area (Å²) in [4.78, 5) is 27.4. The first-order valence-electron chi connectivity index (χ1n) is 10.7. The van der Waals surface area contributed by atoms with Crippen molar-refractivity contribution in [2.24, 2.45) is 11.5 Å². The number of aryl methyl sites for hydroxylation is 1. The Morgan fingerprint density at radius 2 is 1.91 bits per heavy atom. The van der Waals surface area contributed by atoms with Crippen molar-refractivity contribution in [2.45, 2.75) is 19.8 Å². The molecule has 0 aliphatic carbocycles. The fourth-order valence-electron chi connectivity index (χ4n) is 3.47. The third kappa shape index (κ3) is 5.89. The Bertz CT molecular complexity index is 1150. The molecule has 33 heavy (non-hydrogen) atoms. The molecule has 2 aromatic carbocycles. The first-order chi connectivity index (χ1) is 15.9. The number of rotatable bonds is 12. The van der Waals surface area contributed by atoms with Gasteiger partial charge in [-0.2, -0.15) is 0 Å². The molecule has 6 N–H and O–H groups in total. The van der Waals surface area contributed by atoms with Crippen LogP contribution in [0.2, 0.25) is 0 Å². The number of carbonyl (C=O) groups excluding carboxylic acids is 2. The summed E-state index contributed by atoms with van der Waals surface area (Å²) < 4.78 is 11.4. The predicted octanol–water partition coefficient (Wildman–Crippen LogP) is 2.49. The van der Waals surface area contributed by atoms with Crippen LogP contribution in [-0.2, 0) is 11.2 Å². The van der Waals surface area contributed by atoms with E-state index in [-0.39, 0.29) is 12.1 Å². The van der Waals surface area contributed by atoms with E-state index in [9.17, 15) is 9.59 Å². The van der Waals surface area contributed by atoms with Crippen LogP contribution in [-0.4, -0.2) is 43.6 Å². The molecule has 1 heterocycles. The molecule has 0 fully saturated rings. The van der Waals surface area contributed by atoms with E-state index in [1.165, 1.54) is 6.20 Å². The zero-order chi connectivity index (χ0) is 23.8. The number of ether oxygens (including phenoxy) is 2. The lowest BCUT2D eigenvalue weighted by molar-refractivity contribution is -0.117. The summed E-state index contributed by atoms with van der Waals surface area (Å²) in [5, 5.41) is 7.00. The number of nitrogens with two attached hydrogens (primary N) is 2. The molecule has 2 amide bonds. The van der Waals surface area contributed by atoms with Crippen molar-refractivity contribution in [3.05, 3.63) is 53.7 Å². The predicted molar refractivity (Wildman–Crippen MR) is 128 cm³/mol. The standard InChI is InChI=1S/C24H29N5O4/c1-3-15-7-4-5-8-18(15)29-23-16-11-21(33-10-6-9-27-14-22(25)30)20(32-2)12-19(16)28-13-17(23)24(26)31/h4-5,7-8,11-13,27H,3,6,9-10,14H2,1-2H3,(H2,25,30)(H2,26,31)(H,28,29). The summed E-state index contributed by atoms with van der Waals surface area (Å²) in [5.74, 6) is 0.0382. The van der Waals surface area contributed by atoms with Gasteiger partial charge in [0.25, 0.3) is 5.91 Å². The molecule has 9 nitrogen and oxygen atoms in total. The van der Waals surface area contributed by atoms with E-state index in [1.54, 1.807) is 19.2 Å². The average molecular weight is 452 g/mol. The largest absolute Gasteiger partial charge is 0.493 e. The highest BCUT2D eigenvalue weighted by Crippen LogP contribution is 2.37. The molecule has 3 rings (SSSR count). The number of benzene rings is 2. The molecule has 0 saturated carbocycles. The summed E-state index contributed by atoms with van der Waals surface area (Å²) >= 11 is 0. The number of pyridine rings is 1. The van der Waals surface area contributed by atoms with Crippen LogP contribution >= 0.6 is 0 Å². The molecule has 3 aromatic rings. The summed E-state index contributed by atoms with van der Waals surface area (Å²) in [6, 6.07) is 11.4. The number of nitrogens with zero attached hydrogens (tertiary/aromatic N) is 1. The molecular formula is C24H29N5O4. The van der Waals surface area contributed by atoms with Gasteiger partial charge in [-0.05, 0) is 37.1 Å². The molecule has 0 spiro atoms. The lowest BCUT2D eigenvalue weighted by atomic mass is 10.1. The first kappa shape index (κ1) is 23.8. The third-order valence-electron chi connectivity index (χ3n) is 5.13. The van der Waals surface area contributed by atoms with Crippen LogP contribution in [0.4, 0.5) is 11.4 Å². The van der Waals surface area contributed by atoms with Crippen molar-refractivity contribution in [1.29, 1.82) is 0 Å². The van der Waals surface area contributed by atoms with Crippen LogP contribution in [0.3, 0.4) is 0 Å². The normalized spacial score (nSPS) is 10.7. The Balaban J connectivity index is 1.96. The zero-order valence-electron chi connectivity index (χ0n) is 18.8. The minimum Gasteiger partial charge on any atom is -0.493 e. The van der Waals surface area contributed by atoms with Crippen molar-refractivity contribution in [3.8, 4) is 11.5 Å². The summed E-state index contributed by atoms with van der Waals surface area (Å²) in [6.45, 7) is 3.15. The lowest BCUT2D eigenvalue weighted by Crippen LogP contribution is -2.29. The summed E-state index contributed by atoms with van der Waals surface area (Å²) in [7, 11) is 1.55. The fourth-order valence-corrected chi connectivity index (χ4v) is 3.47. The number of carbonyl (C=O) groups is 2. The van der Waals surface area contributed by atoms with Crippen molar-refractivity contribution in [2.75, 3.05) is 32.1 Å². The topological polar surface area (TPSA) is 142 Å². The highest BCUT2D eigenvalue weighted by Gasteiger charge is 2.18. The Labute approximate surface area is 192 Å². The molecule has 0 atom stereocenters. The van der Waals surface area contributed by atoms with Gasteiger partial charge < -0.3 is 31.6 Å². The van der Waals surface area contributed by atoms with Crippen LogP contribution in [0.15, 0.2) is 42.6 Å². The quantitative estimate of drug-likeness (QED) is 0.310. The van der Waals surface area contributed by atoms with Gasteiger partial charge in [-0.3, -0.25) is 14.6 Å². The van der Waals surface area contributed by atoms with Crippen LogP contribution < -0.4 is 31.6 Å². The van der Waals surface area contributed by atoms with Crippen LogP contribution in [0, 0.1) is 0 Å². The number of aromatic nitrogens is 1. The Morgan fingerprint density at radius 1 is 1.12 bits per heavy atom. The van der Waals surface area contributed by atoms with E-state index in [0.29, 0.717) is 47.7 Å². The second-order valence-electron chi connectivity index (χ2n) is 7.41. The highest BCUT2D eigenvalue weighted by atomic mass is 16.5. The smallest absolute Gasteiger partial charge is 0.252 e. The number of hydrogen-bond acceptors (Lipinski definition) is 7. The van der Waals surface area contributed by atoms with E-state index in [2.05, 4.69) is 22.5 Å².